The molecular weight excluding hydrogens is 328 g/mol. The number of pyridine rings is 1. The van der Waals surface area contributed by atoms with Crippen molar-refractivity contribution in [3.63, 3.8) is 0 Å². The molecule has 2 aromatic heterocycles. The van der Waals surface area contributed by atoms with Crippen LogP contribution in [0.5, 0.6) is 0 Å². The van der Waals surface area contributed by atoms with Crippen LogP contribution in [-0.2, 0) is 13.1 Å². The van der Waals surface area contributed by atoms with Crippen molar-refractivity contribution in [3.8, 4) is 11.5 Å². The number of hydrogen-bond acceptors (Lipinski definition) is 6. The van der Waals surface area contributed by atoms with Crippen molar-refractivity contribution >= 4 is 11.6 Å². The summed E-state index contributed by atoms with van der Waals surface area (Å²) in [5.74, 6) is 0.864. The summed E-state index contributed by atoms with van der Waals surface area (Å²) < 4.78 is 5.72. The van der Waals surface area contributed by atoms with Crippen LogP contribution in [0.15, 0.2) is 53.2 Å². The molecular formula is C17H17ClN4O2. The molecule has 3 aromatic rings. The highest BCUT2D eigenvalue weighted by atomic mass is 35.5. The fraction of sp³-hybridized carbons (Fsp3) is 0.235. The lowest BCUT2D eigenvalue weighted by molar-refractivity contribution is 0.172. The topological polar surface area (TPSA) is 75.3 Å². The molecule has 0 bridgehead atoms. The van der Waals surface area contributed by atoms with Crippen LogP contribution in [0.1, 0.15) is 11.5 Å². The predicted molar refractivity (Wildman–Crippen MR) is 90.2 cm³/mol. The summed E-state index contributed by atoms with van der Waals surface area (Å²) in [6.45, 7) is 1.62. The van der Waals surface area contributed by atoms with Gasteiger partial charge in [-0.15, -0.1) is 10.2 Å². The van der Waals surface area contributed by atoms with Crippen LogP contribution in [0.3, 0.4) is 0 Å². The first-order chi connectivity index (χ1) is 11.8. The molecule has 0 fully saturated rings. The van der Waals surface area contributed by atoms with Crippen molar-refractivity contribution < 1.29 is 9.52 Å². The van der Waals surface area contributed by atoms with Gasteiger partial charge in [0.1, 0.15) is 0 Å². The van der Waals surface area contributed by atoms with Crippen LogP contribution in [0, 0.1) is 0 Å². The Balaban J connectivity index is 1.73. The Hall–Kier alpha value is -2.28. The Labute approximate surface area is 144 Å². The summed E-state index contributed by atoms with van der Waals surface area (Å²) >= 11 is 6.15. The summed E-state index contributed by atoms with van der Waals surface area (Å²) in [5.41, 5.74) is 1.76. The minimum absolute atomic E-state index is 0.0474. The van der Waals surface area contributed by atoms with Gasteiger partial charge in [0.25, 0.3) is 0 Å². The standard InChI is InChI=1S/C17H17ClN4O2/c18-15-6-2-1-5-14(15)17-21-20-16(24-17)12-22(8-9-23)11-13-4-3-7-19-10-13/h1-7,10,23H,8-9,11-12H2. The van der Waals surface area contributed by atoms with Gasteiger partial charge in [0, 0.05) is 25.5 Å². The molecule has 6 nitrogen and oxygen atoms in total. The van der Waals surface area contributed by atoms with E-state index in [-0.39, 0.29) is 6.61 Å². The maximum atomic E-state index is 9.27. The molecule has 2 heterocycles. The highest BCUT2D eigenvalue weighted by Crippen LogP contribution is 2.26. The second kappa shape index (κ2) is 8.01. The average molecular weight is 345 g/mol. The molecule has 0 radical (unpaired) electrons. The highest BCUT2D eigenvalue weighted by molar-refractivity contribution is 6.33. The number of halogens is 1. The van der Waals surface area contributed by atoms with Crippen molar-refractivity contribution in [2.24, 2.45) is 0 Å². The Morgan fingerprint density at radius 3 is 2.71 bits per heavy atom. The largest absolute Gasteiger partial charge is 0.419 e. The summed E-state index contributed by atoms with van der Waals surface area (Å²) in [7, 11) is 0. The molecule has 0 saturated heterocycles. The quantitative estimate of drug-likeness (QED) is 0.710. The van der Waals surface area contributed by atoms with E-state index in [1.165, 1.54) is 0 Å². The van der Waals surface area contributed by atoms with E-state index in [1.54, 1.807) is 18.5 Å². The third-order valence-corrected chi connectivity index (χ3v) is 3.80. The molecule has 0 aliphatic carbocycles. The molecule has 1 N–H and O–H groups in total. The normalized spacial score (nSPS) is 11.1. The third-order valence-electron chi connectivity index (χ3n) is 3.48. The Morgan fingerprint density at radius 2 is 1.96 bits per heavy atom. The zero-order chi connectivity index (χ0) is 16.8. The zero-order valence-corrected chi connectivity index (χ0v) is 13.7. The van der Waals surface area contributed by atoms with E-state index in [4.69, 9.17) is 16.0 Å². The van der Waals surface area contributed by atoms with Crippen LogP contribution in [0.25, 0.3) is 11.5 Å². The third kappa shape index (κ3) is 4.17. The molecule has 0 spiro atoms. The highest BCUT2D eigenvalue weighted by Gasteiger charge is 2.14. The van der Waals surface area contributed by atoms with Gasteiger partial charge in [-0.05, 0) is 23.8 Å². The first-order valence-corrected chi connectivity index (χ1v) is 7.93. The van der Waals surface area contributed by atoms with Crippen molar-refractivity contribution in [3.05, 3.63) is 65.3 Å². The number of hydrogen-bond donors (Lipinski definition) is 1. The number of nitrogens with zero attached hydrogens (tertiary/aromatic N) is 4. The number of rotatable bonds is 7. The minimum Gasteiger partial charge on any atom is -0.419 e. The summed E-state index contributed by atoms with van der Waals surface area (Å²) in [6, 6.07) is 11.2. The van der Waals surface area contributed by atoms with Crippen LogP contribution in [0.2, 0.25) is 5.02 Å². The Bertz CT molecular complexity index is 779. The van der Waals surface area contributed by atoms with Crippen molar-refractivity contribution in [2.45, 2.75) is 13.1 Å². The van der Waals surface area contributed by atoms with E-state index >= 15 is 0 Å². The Morgan fingerprint density at radius 1 is 1.08 bits per heavy atom. The summed E-state index contributed by atoms with van der Waals surface area (Å²) in [5, 5.41) is 18.0. The van der Waals surface area contributed by atoms with Crippen molar-refractivity contribution in [1.82, 2.24) is 20.1 Å². The number of aliphatic hydroxyl groups is 1. The van der Waals surface area contributed by atoms with Crippen LogP contribution < -0.4 is 0 Å². The van der Waals surface area contributed by atoms with Gasteiger partial charge in [-0.3, -0.25) is 9.88 Å². The molecule has 0 aliphatic heterocycles. The van der Waals surface area contributed by atoms with Gasteiger partial charge >= 0.3 is 0 Å². The average Bonchev–Trinajstić information content (AvgIpc) is 3.05. The first kappa shape index (κ1) is 16.6. The maximum absolute atomic E-state index is 9.27. The van der Waals surface area contributed by atoms with E-state index in [0.717, 1.165) is 5.56 Å². The summed E-state index contributed by atoms with van der Waals surface area (Å²) in [6.07, 6.45) is 3.53. The lowest BCUT2D eigenvalue weighted by Gasteiger charge is -2.19. The van der Waals surface area contributed by atoms with E-state index < -0.39 is 0 Å². The molecule has 7 heteroatoms. The van der Waals surface area contributed by atoms with Gasteiger partial charge in [-0.25, -0.2) is 0 Å². The van der Waals surface area contributed by atoms with Gasteiger partial charge in [0.05, 0.1) is 23.7 Å². The van der Waals surface area contributed by atoms with Gasteiger partial charge in [0.2, 0.25) is 11.8 Å². The predicted octanol–water partition coefficient (Wildman–Crippen LogP) is 2.78. The molecule has 0 saturated carbocycles. The number of aromatic nitrogens is 3. The smallest absolute Gasteiger partial charge is 0.249 e. The van der Waals surface area contributed by atoms with E-state index in [9.17, 15) is 5.11 Å². The van der Waals surface area contributed by atoms with Crippen molar-refractivity contribution in [2.75, 3.05) is 13.2 Å². The van der Waals surface area contributed by atoms with E-state index in [0.29, 0.717) is 42.0 Å². The molecule has 0 amide bonds. The van der Waals surface area contributed by atoms with Crippen LogP contribution in [0.4, 0.5) is 0 Å². The van der Waals surface area contributed by atoms with Crippen molar-refractivity contribution in [1.29, 1.82) is 0 Å². The molecule has 124 valence electrons. The molecule has 0 atom stereocenters. The Kier molecular flexibility index (Phi) is 5.53. The second-order valence-corrected chi connectivity index (χ2v) is 5.68. The fourth-order valence-electron chi connectivity index (χ4n) is 2.36. The summed E-state index contributed by atoms with van der Waals surface area (Å²) in [4.78, 5) is 6.12. The first-order valence-electron chi connectivity index (χ1n) is 7.55. The number of benzene rings is 1. The molecule has 1 aromatic carbocycles. The fourth-order valence-corrected chi connectivity index (χ4v) is 2.57. The second-order valence-electron chi connectivity index (χ2n) is 5.28. The van der Waals surface area contributed by atoms with Gasteiger partial charge < -0.3 is 9.52 Å². The number of aliphatic hydroxyl groups excluding tert-OH is 1. The molecule has 24 heavy (non-hydrogen) atoms. The zero-order valence-electron chi connectivity index (χ0n) is 13.0. The van der Waals surface area contributed by atoms with Gasteiger partial charge in [-0.1, -0.05) is 29.8 Å². The molecule has 3 rings (SSSR count). The lowest BCUT2D eigenvalue weighted by Crippen LogP contribution is -2.26. The molecule has 0 unspecified atom stereocenters. The van der Waals surface area contributed by atoms with Crippen LogP contribution in [-0.4, -0.2) is 38.3 Å². The molecule has 0 aliphatic rings. The minimum atomic E-state index is 0.0474. The van der Waals surface area contributed by atoms with E-state index in [2.05, 4.69) is 15.2 Å². The SMILES string of the molecule is OCCN(Cc1cccnc1)Cc1nnc(-c2ccccc2Cl)o1. The lowest BCUT2D eigenvalue weighted by atomic mass is 10.2. The van der Waals surface area contributed by atoms with Gasteiger partial charge in [0.15, 0.2) is 0 Å². The van der Waals surface area contributed by atoms with Gasteiger partial charge in [-0.2, -0.15) is 0 Å². The van der Waals surface area contributed by atoms with Crippen LogP contribution >= 0.6 is 11.6 Å². The van der Waals surface area contributed by atoms with E-state index in [1.807, 2.05) is 35.2 Å². The monoisotopic (exact) mass is 344 g/mol. The maximum Gasteiger partial charge on any atom is 0.249 e.